The van der Waals surface area contributed by atoms with Crippen molar-refractivity contribution in [1.82, 2.24) is 9.62 Å². The molecule has 2 aromatic carbocycles. The van der Waals surface area contributed by atoms with Crippen LogP contribution in [0, 0.1) is 0 Å². The fraction of sp³-hybridized carbons (Fsp3) is 0.389. The fourth-order valence-corrected chi connectivity index (χ4v) is 3.71. The van der Waals surface area contributed by atoms with Gasteiger partial charge in [-0.15, -0.1) is 0 Å². The largest absolute Gasteiger partial charge is 0.334 e. The highest BCUT2D eigenvalue weighted by Gasteiger charge is 2.28. The standard InChI is InChI=1S/C18H22N2O3S/c1-24(22,23)19-13-17-8-4-5-11-20(17)18(21)16-10-9-14-6-2-3-7-15(14)12-16/h2-3,6-7,9-10,12,17,19H,4-5,8,11,13H2,1H3/t17-/m1/s1. The van der Waals surface area contributed by atoms with Crippen LogP contribution < -0.4 is 4.72 Å². The maximum atomic E-state index is 12.9. The Kier molecular flexibility index (Phi) is 4.87. The number of nitrogens with zero attached hydrogens (tertiary/aromatic N) is 1. The summed E-state index contributed by atoms with van der Waals surface area (Å²) >= 11 is 0. The monoisotopic (exact) mass is 346 g/mol. The summed E-state index contributed by atoms with van der Waals surface area (Å²) in [5.74, 6) is -0.0271. The van der Waals surface area contributed by atoms with Crippen molar-refractivity contribution in [2.45, 2.75) is 25.3 Å². The predicted molar refractivity (Wildman–Crippen MR) is 95.5 cm³/mol. The summed E-state index contributed by atoms with van der Waals surface area (Å²) in [6, 6.07) is 13.6. The van der Waals surface area contributed by atoms with Gasteiger partial charge < -0.3 is 4.90 Å². The van der Waals surface area contributed by atoms with E-state index < -0.39 is 10.0 Å². The number of likely N-dealkylation sites (tertiary alicyclic amines) is 1. The number of carbonyl (C=O) groups is 1. The number of amides is 1. The van der Waals surface area contributed by atoms with Crippen LogP contribution >= 0.6 is 0 Å². The molecule has 0 aliphatic carbocycles. The first-order valence-electron chi connectivity index (χ1n) is 8.18. The second-order valence-corrected chi connectivity index (χ2v) is 8.16. The summed E-state index contributed by atoms with van der Waals surface area (Å²) in [4.78, 5) is 14.7. The molecule has 1 amide bonds. The molecule has 2 aromatic rings. The first-order valence-corrected chi connectivity index (χ1v) is 10.1. The van der Waals surface area contributed by atoms with Crippen LogP contribution in [-0.2, 0) is 10.0 Å². The van der Waals surface area contributed by atoms with Crippen molar-refractivity contribution in [3.8, 4) is 0 Å². The number of hydrogen-bond donors (Lipinski definition) is 1. The average molecular weight is 346 g/mol. The van der Waals surface area contributed by atoms with Crippen molar-refractivity contribution in [3.05, 3.63) is 48.0 Å². The lowest BCUT2D eigenvalue weighted by atomic mass is 10.00. The van der Waals surface area contributed by atoms with Crippen molar-refractivity contribution in [2.75, 3.05) is 19.3 Å². The summed E-state index contributed by atoms with van der Waals surface area (Å²) in [6.45, 7) is 0.944. The molecule has 0 bridgehead atoms. The minimum atomic E-state index is -3.25. The van der Waals surface area contributed by atoms with Crippen molar-refractivity contribution in [2.24, 2.45) is 0 Å². The van der Waals surface area contributed by atoms with Crippen LogP contribution in [0.5, 0.6) is 0 Å². The Morgan fingerprint density at radius 3 is 2.67 bits per heavy atom. The Morgan fingerprint density at radius 1 is 1.17 bits per heavy atom. The van der Waals surface area contributed by atoms with Gasteiger partial charge in [0.05, 0.1) is 6.26 Å². The van der Waals surface area contributed by atoms with E-state index in [4.69, 9.17) is 0 Å². The van der Waals surface area contributed by atoms with Crippen LogP contribution in [0.25, 0.3) is 10.8 Å². The zero-order valence-corrected chi connectivity index (χ0v) is 14.6. The molecule has 1 heterocycles. The van der Waals surface area contributed by atoms with Gasteiger partial charge in [0.2, 0.25) is 10.0 Å². The quantitative estimate of drug-likeness (QED) is 0.924. The number of rotatable bonds is 4. The van der Waals surface area contributed by atoms with E-state index in [2.05, 4.69) is 4.72 Å². The van der Waals surface area contributed by atoms with Crippen molar-refractivity contribution >= 4 is 26.7 Å². The first kappa shape index (κ1) is 16.9. The van der Waals surface area contributed by atoms with Gasteiger partial charge in [-0.2, -0.15) is 0 Å². The van der Waals surface area contributed by atoms with Crippen LogP contribution in [0.2, 0.25) is 0 Å². The molecule has 1 saturated heterocycles. The summed E-state index contributed by atoms with van der Waals surface area (Å²) in [6.07, 6.45) is 3.93. The Hall–Kier alpha value is -1.92. The summed E-state index contributed by atoms with van der Waals surface area (Å²) in [7, 11) is -3.25. The lowest BCUT2D eigenvalue weighted by Crippen LogP contribution is -2.49. The van der Waals surface area contributed by atoms with Gasteiger partial charge in [0, 0.05) is 24.7 Å². The Bertz CT molecular complexity index is 848. The zero-order valence-electron chi connectivity index (χ0n) is 13.7. The van der Waals surface area contributed by atoms with Crippen molar-refractivity contribution in [1.29, 1.82) is 0 Å². The van der Waals surface area contributed by atoms with Gasteiger partial charge in [0.15, 0.2) is 0 Å². The molecule has 0 spiro atoms. The van der Waals surface area contributed by atoms with Gasteiger partial charge in [-0.25, -0.2) is 13.1 Å². The number of sulfonamides is 1. The smallest absolute Gasteiger partial charge is 0.254 e. The molecule has 1 aliphatic heterocycles. The van der Waals surface area contributed by atoms with Crippen LogP contribution in [0.4, 0.5) is 0 Å². The van der Waals surface area contributed by atoms with Gasteiger partial charge >= 0.3 is 0 Å². The second kappa shape index (κ2) is 6.91. The van der Waals surface area contributed by atoms with Gasteiger partial charge in [0.1, 0.15) is 0 Å². The molecule has 6 heteroatoms. The Labute approximate surface area is 142 Å². The molecule has 24 heavy (non-hydrogen) atoms. The molecule has 128 valence electrons. The lowest BCUT2D eigenvalue weighted by Gasteiger charge is -2.36. The molecule has 1 atom stereocenters. The van der Waals surface area contributed by atoms with E-state index in [9.17, 15) is 13.2 Å². The topological polar surface area (TPSA) is 66.5 Å². The van der Waals surface area contributed by atoms with E-state index in [-0.39, 0.29) is 18.5 Å². The third-order valence-electron chi connectivity index (χ3n) is 4.47. The maximum Gasteiger partial charge on any atom is 0.254 e. The average Bonchev–Trinajstić information content (AvgIpc) is 2.58. The molecular formula is C18H22N2O3S. The molecule has 0 saturated carbocycles. The first-order chi connectivity index (χ1) is 11.4. The normalized spacial score (nSPS) is 18.7. The fourth-order valence-electron chi connectivity index (χ4n) is 3.22. The van der Waals surface area contributed by atoms with Crippen LogP contribution in [-0.4, -0.2) is 44.6 Å². The van der Waals surface area contributed by atoms with Gasteiger partial charge in [-0.3, -0.25) is 4.79 Å². The third-order valence-corrected chi connectivity index (χ3v) is 5.16. The van der Waals surface area contributed by atoms with E-state index in [0.717, 1.165) is 36.3 Å². The van der Waals surface area contributed by atoms with Crippen molar-refractivity contribution in [3.63, 3.8) is 0 Å². The van der Waals surface area contributed by atoms with Crippen LogP contribution in [0.1, 0.15) is 29.6 Å². The molecule has 3 rings (SSSR count). The van der Waals surface area contributed by atoms with Crippen molar-refractivity contribution < 1.29 is 13.2 Å². The number of carbonyl (C=O) groups excluding carboxylic acids is 1. The minimum absolute atomic E-state index is 0.0271. The summed E-state index contributed by atoms with van der Waals surface area (Å²) in [5.41, 5.74) is 0.653. The molecule has 0 radical (unpaired) electrons. The number of piperidine rings is 1. The number of benzene rings is 2. The maximum absolute atomic E-state index is 12.9. The SMILES string of the molecule is CS(=O)(=O)NC[C@H]1CCCCN1C(=O)c1ccc2ccccc2c1. The van der Waals surface area contributed by atoms with E-state index in [1.165, 1.54) is 0 Å². The van der Waals surface area contributed by atoms with E-state index in [1.54, 1.807) is 0 Å². The summed E-state index contributed by atoms with van der Waals surface area (Å²) < 4.78 is 25.2. The lowest BCUT2D eigenvalue weighted by molar-refractivity contribution is 0.0619. The molecule has 1 aliphatic rings. The molecular weight excluding hydrogens is 324 g/mol. The number of fused-ring (bicyclic) bond motifs is 1. The van der Waals surface area contributed by atoms with E-state index in [1.807, 2.05) is 47.4 Å². The Morgan fingerprint density at radius 2 is 1.92 bits per heavy atom. The Balaban J connectivity index is 1.82. The molecule has 1 N–H and O–H groups in total. The zero-order chi connectivity index (χ0) is 17.2. The highest BCUT2D eigenvalue weighted by atomic mass is 32.2. The van der Waals surface area contributed by atoms with Gasteiger partial charge in [-0.1, -0.05) is 30.3 Å². The molecule has 0 unspecified atom stereocenters. The minimum Gasteiger partial charge on any atom is -0.334 e. The molecule has 1 fully saturated rings. The van der Waals surface area contributed by atoms with E-state index in [0.29, 0.717) is 12.1 Å². The van der Waals surface area contributed by atoms with Gasteiger partial charge in [-0.05, 0) is 42.2 Å². The molecule has 5 nitrogen and oxygen atoms in total. The summed E-state index contributed by atoms with van der Waals surface area (Å²) in [5, 5.41) is 2.13. The third kappa shape index (κ3) is 3.94. The number of hydrogen-bond acceptors (Lipinski definition) is 3. The second-order valence-electron chi connectivity index (χ2n) is 6.33. The highest BCUT2D eigenvalue weighted by molar-refractivity contribution is 7.88. The predicted octanol–water partition coefficient (Wildman–Crippen LogP) is 2.38. The molecule has 0 aromatic heterocycles. The van der Waals surface area contributed by atoms with Crippen LogP contribution in [0.15, 0.2) is 42.5 Å². The van der Waals surface area contributed by atoms with Crippen LogP contribution in [0.3, 0.4) is 0 Å². The number of nitrogens with one attached hydrogen (secondary N) is 1. The van der Waals surface area contributed by atoms with E-state index >= 15 is 0 Å². The van der Waals surface area contributed by atoms with Gasteiger partial charge in [0.25, 0.3) is 5.91 Å². The highest BCUT2D eigenvalue weighted by Crippen LogP contribution is 2.22.